The van der Waals surface area contributed by atoms with Gasteiger partial charge in [0, 0.05) is 12.6 Å². The first-order valence-corrected chi connectivity index (χ1v) is 8.65. The highest BCUT2D eigenvalue weighted by Gasteiger charge is 2.24. The molecule has 0 radical (unpaired) electrons. The fourth-order valence-electron chi connectivity index (χ4n) is 2.72. The van der Waals surface area contributed by atoms with Crippen LogP contribution in [0.15, 0.2) is 17.0 Å². The number of rotatable bonds is 4. The first-order chi connectivity index (χ1) is 10.1. The van der Waals surface area contributed by atoms with Crippen LogP contribution in [0.4, 0.5) is 0 Å². The molecule has 0 bridgehead atoms. The molecule has 1 unspecified atom stereocenters. The van der Waals surface area contributed by atoms with E-state index in [0.29, 0.717) is 29.5 Å². The fourth-order valence-corrected chi connectivity index (χ4v) is 4.07. The third-order valence-electron chi connectivity index (χ3n) is 3.92. The molecule has 2 N–H and O–H groups in total. The van der Waals surface area contributed by atoms with Crippen LogP contribution in [-0.2, 0) is 10.0 Å². The number of nitrogens with one attached hydrogen (secondary N) is 2. The van der Waals surface area contributed by atoms with Crippen LogP contribution >= 0.6 is 0 Å². The second-order valence-corrected chi connectivity index (χ2v) is 7.27. The standard InChI is InChI=1S/C14H20N2O4S/c1-10-5-12-13(20-9-19-12)6-14(10)21(17,18)16-8-11-3-2-4-15-7-11/h5-6,11,15-16H,2-4,7-9H2,1H3. The molecule has 2 aliphatic heterocycles. The van der Waals surface area contributed by atoms with Gasteiger partial charge in [0.1, 0.15) is 0 Å². The molecule has 0 aliphatic carbocycles. The topological polar surface area (TPSA) is 76.7 Å². The van der Waals surface area contributed by atoms with Crippen molar-refractivity contribution in [2.24, 2.45) is 5.92 Å². The summed E-state index contributed by atoms with van der Waals surface area (Å²) in [7, 11) is -3.53. The summed E-state index contributed by atoms with van der Waals surface area (Å²) in [6, 6.07) is 3.25. The number of piperidine rings is 1. The van der Waals surface area contributed by atoms with Crippen LogP contribution < -0.4 is 19.5 Å². The minimum absolute atomic E-state index is 0.138. The average Bonchev–Trinajstić information content (AvgIpc) is 2.92. The smallest absolute Gasteiger partial charge is 0.240 e. The minimum Gasteiger partial charge on any atom is -0.454 e. The molecule has 0 amide bonds. The number of hydrogen-bond acceptors (Lipinski definition) is 5. The van der Waals surface area contributed by atoms with Gasteiger partial charge in [-0.1, -0.05) is 0 Å². The SMILES string of the molecule is Cc1cc2c(cc1S(=O)(=O)NCC1CCCNC1)OCO2. The summed E-state index contributed by atoms with van der Waals surface area (Å²) in [5.74, 6) is 1.44. The van der Waals surface area contributed by atoms with Gasteiger partial charge >= 0.3 is 0 Å². The Balaban J connectivity index is 1.75. The maximum atomic E-state index is 12.5. The number of fused-ring (bicyclic) bond motifs is 1. The molecule has 1 saturated heterocycles. The zero-order valence-electron chi connectivity index (χ0n) is 12.0. The number of hydrogen-bond donors (Lipinski definition) is 2. The Kier molecular flexibility index (Phi) is 4.05. The number of benzene rings is 1. The molecule has 2 heterocycles. The van der Waals surface area contributed by atoms with Crippen molar-refractivity contribution in [3.8, 4) is 11.5 Å². The predicted octanol–water partition coefficient (Wildman–Crippen LogP) is 1.00. The molecule has 116 valence electrons. The van der Waals surface area contributed by atoms with Gasteiger partial charge in [-0.3, -0.25) is 0 Å². The summed E-state index contributed by atoms with van der Waals surface area (Å²) < 4.78 is 38.2. The zero-order valence-corrected chi connectivity index (χ0v) is 12.8. The molecule has 0 aromatic heterocycles. The highest BCUT2D eigenvalue weighted by Crippen LogP contribution is 2.36. The minimum atomic E-state index is -3.53. The van der Waals surface area contributed by atoms with Gasteiger partial charge in [-0.2, -0.15) is 0 Å². The van der Waals surface area contributed by atoms with Gasteiger partial charge < -0.3 is 14.8 Å². The van der Waals surface area contributed by atoms with Gasteiger partial charge in [-0.15, -0.1) is 0 Å². The molecule has 1 atom stereocenters. The van der Waals surface area contributed by atoms with Crippen molar-refractivity contribution in [3.05, 3.63) is 17.7 Å². The maximum absolute atomic E-state index is 12.5. The van der Waals surface area contributed by atoms with Crippen LogP contribution in [0.2, 0.25) is 0 Å². The Morgan fingerprint density at radius 2 is 2.10 bits per heavy atom. The molecule has 2 aliphatic rings. The van der Waals surface area contributed by atoms with Crippen molar-refractivity contribution in [3.63, 3.8) is 0 Å². The lowest BCUT2D eigenvalue weighted by Gasteiger charge is -2.23. The van der Waals surface area contributed by atoms with Gasteiger partial charge in [0.15, 0.2) is 11.5 Å². The summed E-state index contributed by atoms with van der Waals surface area (Å²) in [5.41, 5.74) is 0.661. The lowest BCUT2D eigenvalue weighted by molar-refractivity contribution is 0.174. The molecule has 3 rings (SSSR count). The molecule has 1 aromatic carbocycles. The Morgan fingerprint density at radius 1 is 1.33 bits per heavy atom. The molecule has 1 aromatic rings. The van der Waals surface area contributed by atoms with Gasteiger partial charge in [0.05, 0.1) is 4.90 Å². The van der Waals surface area contributed by atoms with Gasteiger partial charge in [0.25, 0.3) is 0 Å². The largest absolute Gasteiger partial charge is 0.454 e. The molecule has 21 heavy (non-hydrogen) atoms. The van der Waals surface area contributed by atoms with Crippen molar-refractivity contribution < 1.29 is 17.9 Å². The van der Waals surface area contributed by atoms with E-state index in [4.69, 9.17) is 9.47 Å². The van der Waals surface area contributed by atoms with E-state index in [0.717, 1.165) is 25.9 Å². The molecule has 0 saturated carbocycles. The summed E-state index contributed by atoms with van der Waals surface area (Å²) in [4.78, 5) is 0.260. The van der Waals surface area contributed by atoms with Gasteiger partial charge in [-0.25, -0.2) is 13.1 Å². The lowest BCUT2D eigenvalue weighted by atomic mass is 10.0. The number of aryl methyl sites for hydroxylation is 1. The van der Waals surface area contributed by atoms with Crippen LogP contribution in [0.5, 0.6) is 11.5 Å². The second kappa shape index (κ2) is 5.82. The third-order valence-corrected chi connectivity index (χ3v) is 5.49. The van der Waals surface area contributed by atoms with Crippen LogP contribution in [-0.4, -0.2) is 34.8 Å². The molecule has 7 heteroatoms. The molecular weight excluding hydrogens is 292 g/mol. The Bertz CT molecular complexity index is 624. The summed E-state index contributed by atoms with van der Waals surface area (Å²) in [6.07, 6.45) is 2.14. The van der Waals surface area contributed by atoms with Crippen molar-refractivity contribution >= 4 is 10.0 Å². The molecule has 1 fully saturated rings. The quantitative estimate of drug-likeness (QED) is 0.867. The first-order valence-electron chi connectivity index (χ1n) is 7.17. The normalized spacial score (nSPS) is 21.5. The Morgan fingerprint density at radius 3 is 2.81 bits per heavy atom. The number of ether oxygens (including phenoxy) is 2. The summed E-state index contributed by atoms with van der Waals surface area (Å²) >= 11 is 0. The van der Waals surface area contributed by atoms with Crippen LogP contribution in [0.25, 0.3) is 0 Å². The van der Waals surface area contributed by atoms with E-state index in [2.05, 4.69) is 10.0 Å². The monoisotopic (exact) mass is 312 g/mol. The Hall–Kier alpha value is -1.31. The molecular formula is C14H20N2O4S. The second-order valence-electron chi connectivity index (χ2n) is 5.54. The zero-order chi connectivity index (χ0) is 14.9. The highest BCUT2D eigenvalue weighted by molar-refractivity contribution is 7.89. The highest BCUT2D eigenvalue weighted by atomic mass is 32.2. The predicted molar refractivity (Wildman–Crippen MR) is 78.1 cm³/mol. The van der Waals surface area contributed by atoms with E-state index in [9.17, 15) is 8.42 Å². The summed E-state index contributed by atoms with van der Waals surface area (Å²) in [6.45, 7) is 4.24. The van der Waals surface area contributed by atoms with Crippen LogP contribution in [0.3, 0.4) is 0 Å². The van der Waals surface area contributed by atoms with E-state index in [1.165, 1.54) is 0 Å². The number of sulfonamides is 1. The van der Waals surface area contributed by atoms with Crippen molar-refractivity contribution in [2.75, 3.05) is 26.4 Å². The van der Waals surface area contributed by atoms with E-state index in [-0.39, 0.29) is 11.7 Å². The maximum Gasteiger partial charge on any atom is 0.240 e. The fraction of sp³-hybridized carbons (Fsp3) is 0.571. The summed E-state index contributed by atoms with van der Waals surface area (Å²) in [5, 5.41) is 3.28. The van der Waals surface area contributed by atoms with Gasteiger partial charge in [-0.05, 0) is 50.4 Å². The first kappa shape index (κ1) is 14.6. The van der Waals surface area contributed by atoms with Crippen LogP contribution in [0.1, 0.15) is 18.4 Å². The molecule has 0 spiro atoms. The Labute approximate surface area is 124 Å². The van der Waals surface area contributed by atoms with Gasteiger partial charge in [0.2, 0.25) is 16.8 Å². The lowest BCUT2D eigenvalue weighted by Crippen LogP contribution is -2.38. The van der Waals surface area contributed by atoms with E-state index >= 15 is 0 Å². The average molecular weight is 312 g/mol. The van der Waals surface area contributed by atoms with Crippen molar-refractivity contribution in [1.29, 1.82) is 0 Å². The van der Waals surface area contributed by atoms with Crippen molar-refractivity contribution in [1.82, 2.24) is 10.0 Å². The van der Waals surface area contributed by atoms with E-state index in [1.807, 2.05) is 0 Å². The molecule has 6 nitrogen and oxygen atoms in total. The van der Waals surface area contributed by atoms with Crippen LogP contribution in [0, 0.1) is 12.8 Å². The van der Waals surface area contributed by atoms with Crippen molar-refractivity contribution in [2.45, 2.75) is 24.7 Å². The van der Waals surface area contributed by atoms with E-state index < -0.39 is 10.0 Å². The third kappa shape index (κ3) is 3.14. The van der Waals surface area contributed by atoms with E-state index in [1.54, 1.807) is 19.1 Å².